The lowest BCUT2D eigenvalue weighted by molar-refractivity contribution is 0.100. The summed E-state index contributed by atoms with van der Waals surface area (Å²) in [6.45, 7) is 8.37. The third-order valence-corrected chi connectivity index (χ3v) is 5.34. The highest BCUT2D eigenvalue weighted by atomic mass is 32.1. The van der Waals surface area contributed by atoms with E-state index in [1.165, 1.54) is 11.3 Å². The third-order valence-electron chi connectivity index (χ3n) is 4.22. The van der Waals surface area contributed by atoms with Crippen LogP contribution in [0.2, 0.25) is 0 Å². The van der Waals surface area contributed by atoms with Crippen molar-refractivity contribution in [1.29, 1.82) is 0 Å². The maximum absolute atomic E-state index is 11.5. The number of piperazine rings is 1. The first-order valence-electron chi connectivity index (χ1n) is 7.44. The molecule has 6 nitrogen and oxygen atoms in total. The van der Waals surface area contributed by atoms with Crippen LogP contribution < -0.4 is 16.4 Å². The van der Waals surface area contributed by atoms with Crippen LogP contribution in [0.4, 0.5) is 11.4 Å². The summed E-state index contributed by atoms with van der Waals surface area (Å²) in [5, 5.41) is 0.860. The second-order valence-electron chi connectivity index (χ2n) is 5.84. The third kappa shape index (κ3) is 2.50. The van der Waals surface area contributed by atoms with Crippen LogP contribution in [0.1, 0.15) is 23.5 Å². The molecule has 118 valence electrons. The molecule has 7 heteroatoms. The smallest absolute Gasteiger partial charge is 0.260 e. The molecule has 3 heterocycles. The molecule has 0 atom stereocenters. The predicted molar refractivity (Wildman–Crippen MR) is 91.5 cm³/mol. The molecule has 1 saturated heterocycles. The normalized spacial score (nSPS) is 16.6. The van der Waals surface area contributed by atoms with Gasteiger partial charge < -0.3 is 16.4 Å². The zero-order valence-corrected chi connectivity index (χ0v) is 13.7. The van der Waals surface area contributed by atoms with Gasteiger partial charge in [-0.2, -0.15) is 0 Å². The zero-order chi connectivity index (χ0) is 15.9. The van der Waals surface area contributed by atoms with Gasteiger partial charge >= 0.3 is 0 Å². The number of amides is 1. The Morgan fingerprint density at radius 1 is 1.32 bits per heavy atom. The van der Waals surface area contributed by atoms with Gasteiger partial charge in [0.1, 0.15) is 9.71 Å². The Kier molecular flexibility index (Phi) is 3.92. The minimum atomic E-state index is -0.490. The molecule has 1 aliphatic rings. The summed E-state index contributed by atoms with van der Waals surface area (Å²) in [5.41, 5.74) is 13.1. The van der Waals surface area contributed by atoms with Gasteiger partial charge in [0.25, 0.3) is 5.91 Å². The summed E-state index contributed by atoms with van der Waals surface area (Å²) in [7, 11) is 0. The summed E-state index contributed by atoms with van der Waals surface area (Å²) in [6.07, 6.45) is 1.77. The Morgan fingerprint density at radius 3 is 2.59 bits per heavy atom. The number of aromatic nitrogens is 1. The SMILES string of the molecule is CC(C)N1CCN(c2ccnc3sc(C(N)=O)c(N)c23)CC1. The number of carbonyl (C=O) groups is 1. The molecule has 4 N–H and O–H groups in total. The highest BCUT2D eigenvalue weighted by Crippen LogP contribution is 2.38. The second kappa shape index (κ2) is 5.73. The summed E-state index contributed by atoms with van der Waals surface area (Å²) in [5.74, 6) is -0.490. The molecule has 0 aliphatic carbocycles. The average Bonchev–Trinajstić information content (AvgIpc) is 2.85. The maximum atomic E-state index is 11.5. The maximum Gasteiger partial charge on any atom is 0.260 e. The molecule has 3 rings (SSSR count). The van der Waals surface area contributed by atoms with Crippen molar-refractivity contribution in [2.45, 2.75) is 19.9 Å². The minimum Gasteiger partial charge on any atom is -0.397 e. The minimum absolute atomic E-state index is 0.399. The number of carbonyl (C=O) groups excluding carboxylic acids is 1. The first-order chi connectivity index (χ1) is 10.5. The van der Waals surface area contributed by atoms with E-state index in [2.05, 4.69) is 28.6 Å². The van der Waals surface area contributed by atoms with Crippen LogP contribution in [0.5, 0.6) is 0 Å². The standard InChI is InChI=1S/C15H21N5OS/c1-9(2)19-5-7-20(8-6-19)10-3-4-18-15-11(10)12(16)13(22-15)14(17)21/h3-4,9H,5-8,16H2,1-2H3,(H2,17,21). The molecular weight excluding hydrogens is 298 g/mol. The van der Waals surface area contributed by atoms with Crippen molar-refractivity contribution in [3.05, 3.63) is 17.1 Å². The van der Waals surface area contributed by atoms with E-state index < -0.39 is 5.91 Å². The molecule has 0 unspecified atom stereocenters. The van der Waals surface area contributed by atoms with Crippen molar-refractivity contribution in [2.24, 2.45) is 5.73 Å². The van der Waals surface area contributed by atoms with Crippen LogP contribution in [-0.2, 0) is 0 Å². The van der Waals surface area contributed by atoms with E-state index in [-0.39, 0.29) is 0 Å². The number of fused-ring (bicyclic) bond motifs is 1. The number of primary amides is 1. The number of pyridine rings is 1. The van der Waals surface area contributed by atoms with Crippen LogP contribution in [0.3, 0.4) is 0 Å². The van der Waals surface area contributed by atoms with Crippen LogP contribution in [0.15, 0.2) is 12.3 Å². The topological polar surface area (TPSA) is 88.5 Å². The molecular formula is C15H21N5OS. The number of nitrogens with two attached hydrogens (primary N) is 2. The van der Waals surface area contributed by atoms with Crippen molar-refractivity contribution in [3.63, 3.8) is 0 Å². The van der Waals surface area contributed by atoms with E-state index in [4.69, 9.17) is 11.5 Å². The van der Waals surface area contributed by atoms with Crippen molar-refractivity contribution in [3.8, 4) is 0 Å². The van der Waals surface area contributed by atoms with Crippen LogP contribution >= 0.6 is 11.3 Å². The predicted octanol–water partition coefficient (Wildman–Crippen LogP) is 1.51. The van der Waals surface area contributed by atoms with Gasteiger partial charge in [0.15, 0.2) is 0 Å². The van der Waals surface area contributed by atoms with Gasteiger partial charge in [-0.05, 0) is 19.9 Å². The second-order valence-corrected chi connectivity index (χ2v) is 6.84. The Morgan fingerprint density at radius 2 is 2.00 bits per heavy atom. The van der Waals surface area contributed by atoms with Crippen LogP contribution in [-0.4, -0.2) is 48.0 Å². The van der Waals surface area contributed by atoms with Crippen molar-refractivity contribution >= 4 is 38.8 Å². The zero-order valence-electron chi connectivity index (χ0n) is 12.9. The first kappa shape index (κ1) is 15.1. The van der Waals surface area contributed by atoms with E-state index in [0.29, 0.717) is 16.6 Å². The Labute approximate surface area is 133 Å². The van der Waals surface area contributed by atoms with Crippen LogP contribution in [0, 0.1) is 0 Å². The van der Waals surface area contributed by atoms with Crippen molar-refractivity contribution in [2.75, 3.05) is 36.8 Å². The van der Waals surface area contributed by atoms with E-state index in [1.54, 1.807) is 6.20 Å². The summed E-state index contributed by atoms with van der Waals surface area (Å²) >= 11 is 1.27. The van der Waals surface area contributed by atoms with E-state index >= 15 is 0 Å². The monoisotopic (exact) mass is 319 g/mol. The Bertz CT molecular complexity index is 703. The van der Waals surface area contributed by atoms with Gasteiger partial charge in [-0.25, -0.2) is 4.98 Å². The first-order valence-corrected chi connectivity index (χ1v) is 8.26. The fourth-order valence-electron chi connectivity index (χ4n) is 2.95. The number of hydrogen-bond donors (Lipinski definition) is 2. The van der Waals surface area contributed by atoms with Gasteiger partial charge in [-0.3, -0.25) is 9.69 Å². The van der Waals surface area contributed by atoms with Crippen LogP contribution in [0.25, 0.3) is 10.2 Å². The van der Waals surface area contributed by atoms with E-state index in [1.807, 2.05) is 6.07 Å². The Balaban J connectivity index is 1.96. The molecule has 0 saturated carbocycles. The van der Waals surface area contributed by atoms with Crippen molar-refractivity contribution < 1.29 is 4.79 Å². The quantitative estimate of drug-likeness (QED) is 0.895. The summed E-state index contributed by atoms with van der Waals surface area (Å²) in [4.78, 5) is 21.8. The Hall–Kier alpha value is -1.86. The summed E-state index contributed by atoms with van der Waals surface area (Å²) < 4.78 is 0. The van der Waals surface area contributed by atoms with Gasteiger partial charge in [0, 0.05) is 38.4 Å². The molecule has 1 amide bonds. The number of hydrogen-bond acceptors (Lipinski definition) is 6. The molecule has 2 aromatic rings. The fourth-order valence-corrected chi connectivity index (χ4v) is 3.89. The fraction of sp³-hybridized carbons (Fsp3) is 0.467. The molecule has 1 aliphatic heterocycles. The van der Waals surface area contributed by atoms with E-state index in [0.717, 1.165) is 42.1 Å². The van der Waals surface area contributed by atoms with Gasteiger partial charge in [0.05, 0.1) is 16.8 Å². The number of nitrogens with zero attached hydrogens (tertiary/aromatic N) is 3. The lowest BCUT2D eigenvalue weighted by Crippen LogP contribution is -2.48. The number of nitrogen functional groups attached to an aromatic ring is 1. The lowest BCUT2D eigenvalue weighted by atomic mass is 10.1. The lowest BCUT2D eigenvalue weighted by Gasteiger charge is -2.38. The van der Waals surface area contributed by atoms with Gasteiger partial charge in [-0.1, -0.05) is 0 Å². The summed E-state index contributed by atoms with van der Waals surface area (Å²) in [6, 6.07) is 2.54. The molecule has 22 heavy (non-hydrogen) atoms. The number of thiophene rings is 1. The highest BCUT2D eigenvalue weighted by Gasteiger charge is 2.23. The van der Waals surface area contributed by atoms with Crippen molar-refractivity contribution in [1.82, 2.24) is 9.88 Å². The molecule has 0 spiro atoms. The largest absolute Gasteiger partial charge is 0.397 e. The molecule has 0 aromatic carbocycles. The average molecular weight is 319 g/mol. The molecule has 0 radical (unpaired) electrons. The number of rotatable bonds is 3. The van der Waals surface area contributed by atoms with Gasteiger partial charge in [-0.15, -0.1) is 11.3 Å². The number of anilines is 2. The van der Waals surface area contributed by atoms with Gasteiger partial charge in [0.2, 0.25) is 0 Å². The van der Waals surface area contributed by atoms with E-state index in [9.17, 15) is 4.79 Å². The molecule has 0 bridgehead atoms. The molecule has 2 aromatic heterocycles. The highest BCUT2D eigenvalue weighted by molar-refractivity contribution is 7.21. The molecule has 1 fully saturated rings.